The van der Waals surface area contributed by atoms with Crippen molar-refractivity contribution < 1.29 is 9.53 Å². The number of carbonyl (C=O) groups is 1. The van der Waals surface area contributed by atoms with Gasteiger partial charge in [0.2, 0.25) is 0 Å². The summed E-state index contributed by atoms with van der Waals surface area (Å²) in [6.07, 6.45) is -0.535. The molecule has 1 aromatic heterocycles. The molecule has 2 aromatic carbocycles. The average molecular weight is 362 g/mol. The van der Waals surface area contributed by atoms with Crippen LogP contribution in [0.4, 0.5) is 22.1 Å². The highest BCUT2D eigenvalue weighted by Crippen LogP contribution is 2.22. The minimum atomic E-state index is -0.535. The normalized spacial score (nSPS) is 10.5. The third kappa shape index (κ3) is 5.54. The molecule has 138 valence electrons. The molecule has 27 heavy (non-hydrogen) atoms. The number of nitrogens with zero attached hydrogens (tertiary/aromatic N) is 2. The zero-order valence-electron chi connectivity index (χ0n) is 15.3. The first-order valence-corrected chi connectivity index (χ1v) is 8.80. The molecule has 0 radical (unpaired) electrons. The number of benzene rings is 2. The number of anilines is 3. The van der Waals surface area contributed by atoms with Crippen LogP contribution in [0.1, 0.15) is 13.8 Å². The summed E-state index contributed by atoms with van der Waals surface area (Å²) in [5, 5.41) is 5.92. The van der Waals surface area contributed by atoms with Crippen molar-refractivity contribution in [3.05, 3.63) is 66.7 Å². The summed E-state index contributed by atoms with van der Waals surface area (Å²) in [6.45, 7) is 4.30. The molecule has 0 fully saturated rings. The lowest BCUT2D eigenvalue weighted by molar-refractivity contribution is 0.147. The monoisotopic (exact) mass is 362 g/mol. The number of carbonyl (C=O) groups excluding carboxylic acids is 1. The van der Waals surface area contributed by atoms with Crippen LogP contribution >= 0.6 is 0 Å². The summed E-state index contributed by atoms with van der Waals surface area (Å²) in [7, 11) is 0. The van der Waals surface area contributed by atoms with E-state index in [-0.39, 0.29) is 5.92 Å². The molecule has 0 saturated heterocycles. The fourth-order valence-electron chi connectivity index (χ4n) is 2.34. The summed E-state index contributed by atoms with van der Waals surface area (Å²) < 4.78 is 5.18. The van der Waals surface area contributed by atoms with Crippen LogP contribution in [0.5, 0.6) is 0 Å². The van der Waals surface area contributed by atoms with Crippen molar-refractivity contribution in [3.8, 4) is 11.4 Å². The minimum Gasteiger partial charge on any atom is -0.449 e. The van der Waals surface area contributed by atoms with Crippen molar-refractivity contribution in [2.45, 2.75) is 13.8 Å². The molecule has 0 aliphatic heterocycles. The second kappa shape index (κ2) is 8.80. The lowest BCUT2D eigenvalue weighted by Crippen LogP contribution is -2.17. The number of hydrogen-bond donors (Lipinski definition) is 2. The van der Waals surface area contributed by atoms with Gasteiger partial charge in [-0.2, -0.15) is 0 Å². The molecule has 2 N–H and O–H groups in total. The molecule has 1 heterocycles. The van der Waals surface area contributed by atoms with E-state index >= 15 is 0 Å². The molecule has 6 heteroatoms. The minimum absolute atomic E-state index is 0.260. The molecule has 0 atom stereocenters. The number of aromatic nitrogens is 2. The Kier molecular flexibility index (Phi) is 5.99. The lowest BCUT2D eigenvalue weighted by Gasteiger charge is -2.12. The van der Waals surface area contributed by atoms with Crippen molar-refractivity contribution in [1.82, 2.24) is 9.97 Å². The SMILES string of the molecule is CC(C)COC(=O)Nc1cc(Nc2ccccc2)nc(-c2ccccc2)n1. The molecular weight excluding hydrogens is 340 g/mol. The van der Waals surface area contributed by atoms with Gasteiger partial charge >= 0.3 is 6.09 Å². The molecule has 1 amide bonds. The number of ether oxygens (including phenoxy) is 1. The van der Waals surface area contributed by atoms with Crippen molar-refractivity contribution in [1.29, 1.82) is 0 Å². The first kappa shape index (κ1) is 18.4. The molecule has 0 saturated carbocycles. The Morgan fingerprint density at radius 2 is 1.59 bits per heavy atom. The van der Waals surface area contributed by atoms with Gasteiger partial charge in [0.05, 0.1) is 6.61 Å². The van der Waals surface area contributed by atoms with E-state index in [9.17, 15) is 4.79 Å². The number of nitrogens with one attached hydrogen (secondary N) is 2. The maximum atomic E-state index is 12.0. The first-order chi connectivity index (χ1) is 13.1. The van der Waals surface area contributed by atoms with Crippen LogP contribution in [-0.4, -0.2) is 22.7 Å². The Balaban J connectivity index is 1.87. The van der Waals surface area contributed by atoms with E-state index in [4.69, 9.17) is 4.74 Å². The number of rotatable bonds is 6. The highest BCUT2D eigenvalue weighted by molar-refractivity contribution is 5.84. The zero-order valence-corrected chi connectivity index (χ0v) is 15.3. The van der Waals surface area contributed by atoms with Crippen LogP contribution in [0.25, 0.3) is 11.4 Å². The van der Waals surface area contributed by atoms with Gasteiger partial charge in [-0.15, -0.1) is 0 Å². The van der Waals surface area contributed by atoms with E-state index in [2.05, 4.69) is 20.6 Å². The zero-order chi connectivity index (χ0) is 19.1. The lowest BCUT2D eigenvalue weighted by atomic mass is 10.2. The Morgan fingerprint density at radius 1 is 0.963 bits per heavy atom. The van der Waals surface area contributed by atoms with Crippen molar-refractivity contribution in [2.75, 3.05) is 17.2 Å². The van der Waals surface area contributed by atoms with Gasteiger partial charge in [0.25, 0.3) is 0 Å². The largest absolute Gasteiger partial charge is 0.449 e. The van der Waals surface area contributed by atoms with Crippen molar-refractivity contribution in [3.63, 3.8) is 0 Å². The van der Waals surface area contributed by atoms with E-state index in [1.54, 1.807) is 6.07 Å². The number of para-hydroxylation sites is 1. The molecule has 0 aliphatic rings. The quantitative estimate of drug-likeness (QED) is 0.638. The average Bonchev–Trinajstić information content (AvgIpc) is 2.68. The highest BCUT2D eigenvalue weighted by Gasteiger charge is 2.11. The van der Waals surface area contributed by atoms with Gasteiger partial charge < -0.3 is 10.1 Å². The summed E-state index contributed by atoms with van der Waals surface area (Å²) >= 11 is 0. The highest BCUT2D eigenvalue weighted by atomic mass is 16.5. The Bertz CT molecular complexity index is 883. The van der Waals surface area contributed by atoms with Gasteiger partial charge in [-0.3, -0.25) is 5.32 Å². The predicted molar refractivity (Wildman–Crippen MR) is 107 cm³/mol. The van der Waals surface area contributed by atoms with Crippen LogP contribution in [0, 0.1) is 5.92 Å². The molecule has 3 rings (SSSR count). The van der Waals surface area contributed by atoms with Crippen LogP contribution in [-0.2, 0) is 4.74 Å². The number of amides is 1. The summed E-state index contributed by atoms with van der Waals surface area (Å²) in [5.41, 5.74) is 1.75. The fraction of sp³-hybridized carbons (Fsp3) is 0.190. The van der Waals surface area contributed by atoms with Crippen LogP contribution in [0.15, 0.2) is 66.7 Å². The smallest absolute Gasteiger partial charge is 0.412 e. The summed E-state index contributed by atoms with van der Waals surface area (Å²) in [6, 6.07) is 21.0. The van der Waals surface area contributed by atoms with Gasteiger partial charge in [-0.05, 0) is 18.1 Å². The molecule has 0 unspecified atom stereocenters. The first-order valence-electron chi connectivity index (χ1n) is 8.80. The summed E-state index contributed by atoms with van der Waals surface area (Å²) in [5.74, 6) is 1.72. The topological polar surface area (TPSA) is 76.1 Å². The third-order valence-electron chi connectivity index (χ3n) is 3.58. The van der Waals surface area contributed by atoms with Gasteiger partial charge in [-0.25, -0.2) is 14.8 Å². The van der Waals surface area contributed by atoms with E-state index in [0.29, 0.717) is 24.1 Å². The molecule has 3 aromatic rings. The molecule has 0 aliphatic carbocycles. The molecular formula is C21H22N4O2. The van der Waals surface area contributed by atoms with Gasteiger partial charge in [-0.1, -0.05) is 62.4 Å². The van der Waals surface area contributed by atoms with Crippen LogP contribution in [0.3, 0.4) is 0 Å². The molecule has 0 spiro atoms. The molecule has 6 nitrogen and oxygen atoms in total. The van der Waals surface area contributed by atoms with Gasteiger partial charge in [0.15, 0.2) is 5.82 Å². The summed E-state index contributed by atoms with van der Waals surface area (Å²) in [4.78, 5) is 21.0. The maximum absolute atomic E-state index is 12.0. The van der Waals surface area contributed by atoms with Crippen molar-refractivity contribution >= 4 is 23.4 Å². The van der Waals surface area contributed by atoms with Crippen LogP contribution in [0.2, 0.25) is 0 Å². The van der Waals surface area contributed by atoms with E-state index in [1.165, 1.54) is 0 Å². The predicted octanol–water partition coefficient (Wildman–Crippen LogP) is 5.09. The Hall–Kier alpha value is -3.41. The maximum Gasteiger partial charge on any atom is 0.412 e. The standard InChI is InChI=1S/C21H22N4O2/c1-15(2)14-27-21(26)25-19-13-18(22-17-11-7-4-8-12-17)23-20(24-19)16-9-5-3-6-10-16/h3-13,15H,14H2,1-2H3,(H2,22,23,24,25,26). The second-order valence-corrected chi connectivity index (χ2v) is 6.44. The fourth-order valence-corrected chi connectivity index (χ4v) is 2.34. The van der Waals surface area contributed by atoms with Gasteiger partial charge in [0.1, 0.15) is 11.6 Å². The second-order valence-electron chi connectivity index (χ2n) is 6.44. The number of hydrogen-bond acceptors (Lipinski definition) is 5. The van der Waals surface area contributed by atoms with E-state index in [0.717, 1.165) is 11.3 Å². The van der Waals surface area contributed by atoms with E-state index in [1.807, 2.05) is 74.5 Å². The Labute approximate surface area is 158 Å². The van der Waals surface area contributed by atoms with Crippen LogP contribution < -0.4 is 10.6 Å². The third-order valence-corrected chi connectivity index (χ3v) is 3.58. The van der Waals surface area contributed by atoms with Gasteiger partial charge in [0, 0.05) is 17.3 Å². The van der Waals surface area contributed by atoms with Crippen molar-refractivity contribution in [2.24, 2.45) is 5.92 Å². The Morgan fingerprint density at radius 3 is 2.26 bits per heavy atom. The molecule has 0 bridgehead atoms. The van der Waals surface area contributed by atoms with E-state index < -0.39 is 6.09 Å².